The summed E-state index contributed by atoms with van der Waals surface area (Å²) < 4.78 is 10.8. The van der Waals surface area contributed by atoms with Gasteiger partial charge in [0.05, 0.1) is 19.8 Å². The fraction of sp³-hybridized carbons (Fsp3) is 0.591. The molecule has 0 aliphatic carbocycles. The Bertz CT molecular complexity index is 777. The van der Waals surface area contributed by atoms with Crippen LogP contribution in [-0.4, -0.2) is 69.0 Å². The molecule has 1 aliphatic rings. The van der Waals surface area contributed by atoms with E-state index in [4.69, 9.17) is 14.5 Å². The molecular formula is C22H35IN4O2. The molecule has 29 heavy (non-hydrogen) atoms. The first-order valence-electron chi connectivity index (χ1n) is 10.4. The number of rotatable bonds is 9. The number of nitrogens with zero attached hydrogens (tertiary/aromatic N) is 2. The Morgan fingerprint density at radius 3 is 2.93 bits per heavy atom. The third-order valence-corrected chi connectivity index (χ3v) is 5.36. The third kappa shape index (κ3) is 6.58. The second-order valence-corrected chi connectivity index (χ2v) is 7.43. The van der Waals surface area contributed by atoms with Crippen molar-refractivity contribution in [3.8, 4) is 0 Å². The summed E-state index contributed by atoms with van der Waals surface area (Å²) in [6.07, 6.45) is 2.10. The minimum absolute atomic E-state index is 0. The normalized spacial score (nSPS) is 17.0. The molecule has 1 aliphatic heterocycles. The van der Waals surface area contributed by atoms with Crippen LogP contribution in [0, 0.1) is 12.8 Å². The average Bonchev–Trinajstić information content (AvgIpc) is 3.29. The number of aromatic amines is 1. The lowest BCUT2D eigenvalue weighted by atomic mass is 10.1. The average molecular weight is 514 g/mol. The molecule has 1 saturated heterocycles. The van der Waals surface area contributed by atoms with Crippen molar-refractivity contribution >= 4 is 40.8 Å². The van der Waals surface area contributed by atoms with Crippen molar-refractivity contribution in [3.05, 3.63) is 35.5 Å². The Hall–Kier alpha value is -1.32. The van der Waals surface area contributed by atoms with Crippen molar-refractivity contribution < 1.29 is 9.47 Å². The lowest BCUT2D eigenvalue weighted by Crippen LogP contribution is -2.40. The molecule has 1 aromatic heterocycles. The Labute approximate surface area is 191 Å². The number of aliphatic imine (C=N–C) groups is 1. The van der Waals surface area contributed by atoms with Gasteiger partial charge in [-0.1, -0.05) is 18.2 Å². The number of para-hydroxylation sites is 1. The van der Waals surface area contributed by atoms with Crippen LogP contribution in [0.4, 0.5) is 0 Å². The fourth-order valence-electron chi connectivity index (χ4n) is 3.91. The molecule has 3 rings (SSSR count). The number of likely N-dealkylation sites (tertiary alicyclic amines) is 1. The predicted octanol–water partition coefficient (Wildman–Crippen LogP) is 3.59. The molecule has 6 nitrogen and oxygen atoms in total. The van der Waals surface area contributed by atoms with Gasteiger partial charge >= 0.3 is 0 Å². The number of benzene rings is 1. The van der Waals surface area contributed by atoms with E-state index in [9.17, 15) is 0 Å². The monoisotopic (exact) mass is 514 g/mol. The van der Waals surface area contributed by atoms with Crippen LogP contribution in [0.5, 0.6) is 0 Å². The molecule has 0 amide bonds. The number of hydrogen-bond donors (Lipinski definition) is 2. The maximum Gasteiger partial charge on any atom is 0.193 e. The Morgan fingerprint density at radius 2 is 2.14 bits per heavy atom. The van der Waals surface area contributed by atoms with Gasteiger partial charge in [-0.05, 0) is 38.3 Å². The zero-order valence-electron chi connectivity index (χ0n) is 17.9. The molecular weight excluding hydrogens is 479 g/mol. The van der Waals surface area contributed by atoms with Gasteiger partial charge in [0.15, 0.2) is 5.96 Å². The van der Waals surface area contributed by atoms with Crippen LogP contribution in [0.2, 0.25) is 0 Å². The molecule has 0 radical (unpaired) electrons. The molecule has 2 aromatic rings. The van der Waals surface area contributed by atoms with Crippen LogP contribution in [0.1, 0.15) is 24.6 Å². The lowest BCUT2D eigenvalue weighted by Gasteiger charge is -2.21. The number of fused-ring (bicyclic) bond motifs is 1. The van der Waals surface area contributed by atoms with E-state index in [1.54, 1.807) is 7.11 Å². The molecule has 1 atom stereocenters. The number of hydrogen-bond acceptors (Lipinski definition) is 3. The lowest BCUT2D eigenvalue weighted by molar-refractivity contribution is 0.0536. The van der Waals surface area contributed by atoms with Gasteiger partial charge < -0.3 is 24.7 Å². The number of aryl methyl sites for hydroxylation is 1. The summed E-state index contributed by atoms with van der Waals surface area (Å²) in [5.74, 6) is 1.59. The maximum absolute atomic E-state index is 5.71. The number of nitrogens with one attached hydrogen (secondary N) is 2. The number of aromatic nitrogens is 1. The zero-order valence-corrected chi connectivity index (χ0v) is 20.2. The highest BCUT2D eigenvalue weighted by atomic mass is 127. The van der Waals surface area contributed by atoms with Crippen molar-refractivity contribution in [2.75, 3.05) is 53.1 Å². The zero-order chi connectivity index (χ0) is 19.8. The Morgan fingerprint density at radius 1 is 1.31 bits per heavy atom. The van der Waals surface area contributed by atoms with Crippen molar-refractivity contribution in [1.82, 2.24) is 15.2 Å². The first-order valence-corrected chi connectivity index (χ1v) is 10.4. The maximum atomic E-state index is 5.71. The van der Waals surface area contributed by atoms with Gasteiger partial charge in [0.25, 0.3) is 0 Å². The highest BCUT2D eigenvalue weighted by Crippen LogP contribution is 2.22. The third-order valence-electron chi connectivity index (χ3n) is 5.36. The van der Waals surface area contributed by atoms with Crippen LogP contribution in [0.25, 0.3) is 10.9 Å². The van der Waals surface area contributed by atoms with Gasteiger partial charge in [0, 0.05) is 55.8 Å². The number of ether oxygens (including phenoxy) is 2. The highest BCUT2D eigenvalue weighted by Gasteiger charge is 2.25. The summed E-state index contributed by atoms with van der Waals surface area (Å²) in [6.45, 7) is 10.1. The quantitative estimate of drug-likeness (QED) is 0.233. The largest absolute Gasteiger partial charge is 0.382 e. The Balaban J connectivity index is 0.00000300. The van der Waals surface area contributed by atoms with Crippen LogP contribution >= 0.6 is 24.0 Å². The number of halogens is 1. The SMILES string of the molecule is CCNC(=NCCc1c(C)[nH]c2ccccc12)N1CCC(COCCOC)C1.I. The molecule has 162 valence electrons. The molecule has 0 bridgehead atoms. The fourth-order valence-corrected chi connectivity index (χ4v) is 3.91. The smallest absolute Gasteiger partial charge is 0.193 e. The summed E-state index contributed by atoms with van der Waals surface area (Å²) in [4.78, 5) is 10.8. The predicted molar refractivity (Wildman–Crippen MR) is 131 cm³/mol. The summed E-state index contributed by atoms with van der Waals surface area (Å²) in [6, 6.07) is 8.51. The summed E-state index contributed by atoms with van der Waals surface area (Å²) in [5.41, 5.74) is 3.83. The molecule has 7 heteroatoms. The van der Waals surface area contributed by atoms with Crippen LogP contribution in [-0.2, 0) is 15.9 Å². The first-order chi connectivity index (χ1) is 13.7. The van der Waals surface area contributed by atoms with Gasteiger partial charge in [-0.15, -0.1) is 24.0 Å². The van der Waals surface area contributed by atoms with Crippen molar-refractivity contribution in [3.63, 3.8) is 0 Å². The van der Waals surface area contributed by atoms with E-state index in [-0.39, 0.29) is 24.0 Å². The van der Waals surface area contributed by atoms with E-state index in [0.29, 0.717) is 19.1 Å². The molecule has 2 N–H and O–H groups in total. The summed E-state index contributed by atoms with van der Waals surface area (Å²) in [7, 11) is 1.71. The molecule has 1 fully saturated rings. The molecule has 1 aromatic carbocycles. The number of H-pyrrole nitrogens is 1. The Kier molecular flexibility index (Phi) is 10.2. The van der Waals surface area contributed by atoms with Crippen molar-refractivity contribution in [1.29, 1.82) is 0 Å². The van der Waals surface area contributed by atoms with E-state index in [1.165, 1.54) is 22.2 Å². The standard InChI is InChI=1S/C22H34N4O2.HI/c1-4-23-22(26-12-10-18(15-26)16-28-14-13-27-3)24-11-9-19-17(2)25-21-8-6-5-7-20(19)21;/h5-8,18,25H,4,9-16H2,1-3H3,(H,23,24);1H. The summed E-state index contributed by atoms with van der Waals surface area (Å²) in [5, 5.41) is 4.78. The van der Waals surface area contributed by atoms with Crippen molar-refractivity contribution in [2.45, 2.75) is 26.7 Å². The van der Waals surface area contributed by atoms with E-state index in [0.717, 1.165) is 51.6 Å². The van der Waals surface area contributed by atoms with Gasteiger partial charge in [0.2, 0.25) is 0 Å². The van der Waals surface area contributed by atoms with Crippen LogP contribution in [0.15, 0.2) is 29.3 Å². The second kappa shape index (κ2) is 12.4. The minimum Gasteiger partial charge on any atom is -0.382 e. The second-order valence-electron chi connectivity index (χ2n) is 7.43. The van der Waals surface area contributed by atoms with Crippen LogP contribution in [0.3, 0.4) is 0 Å². The molecule has 2 heterocycles. The minimum atomic E-state index is 0. The first kappa shape index (κ1) is 24.0. The van der Waals surface area contributed by atoms with E-state index >= 15 is 0 Å². The van der Waals surface area contributed by atoms with E-state index in [2.05, 4.69) is 53.3 Å². The van der Waals surface area contributed by atoms with Crippen LogP contribution < -0.4 is 5.32 Å². The van der Waals surface area contributed by atoms with Crippen molar-refractivity contribution in [2.24, 2.45) is 10.9 Å². The van der Waals surface area contributed by atoms with E-state index in [1.807, 2.05) is 0 Å². The molecule has 0 saturated carbocycles. The molecule has 0 spiro atoms. The molecule has 1 unspecified atom stereocenters. The highest BCUT2D eigenvalue weighted by molar-refractivity contribution is 14.0. The van der Waals surface area contributed by atoms with E-state index < -0.39 is 0 Å². The van der Waals surface area contributed by atoms with Gasteiger partial charge in [-0.2, -0.15) is 0 Å². The number of guanidine groups is 1. The van der Waals surface area contributed by atoms with Gasteiger partial charge in [-0.3, -0.25) is 4.99 Å². The van der Waals surface area contributed by atoms with Gasteiger partial charge in [0.1, 0.15) is 0 Å². The number of methoxy groups -OCH3 is 1. The van der Waals surface area contributed by atoms with Gasteiger partial charge in [-0.25, -0.2) is 0 Å². The summed E-state index contributed by atoms with van der Waals surface area (Å²) >= 11 is 0. The topological polar surface area (TPSA) is 61.9 Å².